The lowest BCUT2D eigenvalue weighted by Crippen LogP contribution is -2.25. The lowest BCUT2D eigenvalue weighted by Gasteiger charge is -2.17. The van der Waals surface area contributed by atoms with E-state index < -0.39 is 0 Å². The van der Waals surface area contributed by atoms with Gasteiger partial charge in [-0.15, -0.1) is 0 Å². The third kappa shape index (κ3) is 2.95. The maximum absolute atomic E-state index is 12.2. The van der Waals surface area contributed by atoms with Crippen LogP contribution in [0.3, 0.4) is 0 Å². The van der Waals surface area contributed by atoms with Crippen molar-refractivity contribution in [3.63, 3.8) is 0 Å². The Kier molecular flexibility index (Phi) is 5.16. The van der Waals surface area contributed by atoms with E-state index in [2.05, 4.69) is 52.6 Å². The number of anilines is 1. The first kappa shape index (κ1) is 16.4. The molecule has 1 aromatic rings. The van der Waals surface area contributed by atoms with Gasteiger partial charge in [0.15, 0.2) is 0 Å². The maximum atomic E-state index is 12.2. The average molecular weight is 460 g/mol. The average Bonchev–Trinajstić information content (AvgIpc) is 3.01. The largest absolute Gasteiger partial charge is 0.335 e. The molecule has 0 spiro atoms. The highest BCUT2D eigenvalue weighted by Gasteiger charge is 2.31. The highest BCUT2D eigenvalue weighted by Crippen LogP contribution is 2.45. The molecule has 0 bridgehead atoms. The van der Waals surface area contributed by atoms with Crippen LogP contribution in [-0.2, 0) is 4.79 Å². The van der Waals surface area contributed by atoms with Crippen molar-refractivity contribution in [3.05, 3.63) is 46.4 Å². The SMILES string of the molecule is CCN1/C(=C/C=C2\SC(=S)N(CI)C2=O)Sc2ccccc21. The number of carbonyl (C=O) groups excluding carboxylic acids is 1. The number of carbonyl (C=O) groups is 1. The number of amides is 1. The minimum absolute atomic E-state index is 0.00445. The van der Waals surface area contributed by atoms with E-state index in [1.54, 1.807) is 16.7 Å². The number of thioether (sulfide) groups is 2. The summed E-state index contributed by atoms with van der Waals surface area (Å²) in [5, 5.41) is 1.14. The number of halogens is 1. The summed E-state index contributed by atoms with van der Waals surface area (Å²) in [7, 11) is 0. The predicted molar refractivity (Wildman–Crippen MR) is 107 cm³/mol. The predicted octanol–water partition coefficient (Wildman–Crippen LogP) is 4.60. The molecule has 2 aliphatic heterocycles. The van der Waals surface area contributed by atoms with Crippen LogP contribution in [-0.4, -0.2) is 26.2 Å². The first-order valence-corrected chi connectivity index (χ1v) is 10.3. The summed E-state index contributed by atoms with van der Waals surface area (Å²) in [4.78, 5) is 18.0. The smallest absolute Gasteiger partial charge is 0.266 e. The van der Waals surface area contributed by atoms with Crippen molar-refractivity contribution in [2.75, 3.05) is 16.0 Å². The second-order valence-electron chi connectivity index (χ2n) is 4.57. The van der Waals surface area contributed by atoms with Gasteiger partial charge >= 0.3 is 0 Å². The molecule has 0 aliphatic carbocycles. The molecule has 0 saturated carbocycles. The first-order chi connectivity index (χ1) is 10.7. The van der Waals surface area contributed by atoms with Gasteiger partial charge in [-0.1, -0.05) is 70.5 Å². The summed E-state index contributed by atoms with van der Waals surface area (Å²) in [6.45, 7) is 3.03. The van der Waals surface area contributed by atoms with Gasteiger partial charge in [-0.2, -0.15) is 0 Å². The van der Waals surface area contributed by atoms with Crippen LogP contribution in [0.5, 0.6) is 0 Å². The molecule has 0 aromatic heterocycles. The first-order valence-electron chi connectivity index (χ1n) is 6.71. The summed E-state index contributed by atoms with van der Waals surface area (Å²) >= 11 is 10.5. The Hall–Kier alpha value is -0.510. The molecule has 0 unspecified atom stereocenters. The Balaban J connectivity index is 1.87. The molecular formula is C15H13IN2OS3. The fourth-order valence-electron chi connectivity index (χ4n) is 2.27. The molecular weight excluding hydrogens is 447 g/mol. The van der Waals surface area contributed by atoms with Gasteiger partial charge < -0.3 is 4.90 Å². The molecule has 1 aromatic carbocycles. The van der Waals surface area contributed by atoms with Crippen LogP contribution in [0.4, 0.5) is 5.69 Å². The second-order valence-corrected chi connectivity index (χ2v) is 7.99. The highest BCUT2D eigenvalue weighted by atomic mass is 127. The summed E-state index contributed by atoms with van der Waals surface area (Å²) in [6.07, 6.45) is 3.91. The van der Waals surface area contributed by atoms with E-state index in [-0.39, 0.29) is 5.91 Å². The zero-order valence-electron chi connectivity index (χ0n) is 11.8. The number of hydrogen-bond donors (Lipinski definition) is 0. The molecule has 2 aliphatic rings. The monoisotopic (exact) mass is 460 g/mol. The molecule has 3 rings (SSSR count). The van der Waals surface area contributed by atoms with Crippen LogP contribution in [0.15, 0.2) is 51.2 Å². The van der Waals surface area contributed by atoms with E-state index >= 15 is 0 Å². The maximum Gasteiger partial charge on any atom is 0.266 e. The number of thiocarbonyl (C=S) groups is 1. The van der Waals surface area contributed by atoms with E-state index in [1.165, 1.54) is 22.3 Å². The van der Waals surface area contributed by atoms with Crippen molar-refractivity contribution < 1.29 is 4.79 Å². The normalized spacial score (nSPS) is 21.4. The third-order valence-electron chi connectivity index (χ3n) is 3.32. The molecule has 3 nitrogen and oxygen atoms in total. The topological polar surface area (TPSA) is 23.6 Å². The number of alkyl halides is 1. The van der Waals surface area contributed by atoms with Crippen LogP contribution < -0.4 is 4.90 Å². The molecule has 7 heteroatoms. The third-order valence-corrected chi connectivity index (χ3v) is 6.53. The molecule has 1 fully saturated rings. The number of hydrogen-bond acceptors (Lipinski definition) is 5. The quantitative estimate of drug-likeness (QED) is 0.216. The number of nitrogens with zero attached hydrogens (tertiary/aromatic N) is 2. The van der Waals surface area contributed by atoms with E-state index in [4.69, 9.17) is 12.2 Å². The van der Waals surface area contributed by atoms with Gasteiger partial charge in [0.25, 0.3) is 5.91 Å². The second kappa shape index (κ2) is 6.94. The van der Waals surface area contributed by atoms with Crippen molar-refractivity contribution in [1.82, 2.24) is 4.90 Å². The van der Waals surface area contributed by atoms with Crippen molar-refractivity contribution in [1.29, 1.82) is 0 Å². The van der Waals surface area contributed by atoms with Crippen LogP contribution in [0.1, 0.15) is 6.92 Å². The zero-order chi connectivity index (χ0) is 15.7. The van der Waals surface area contributed by atoms with E-state index in [0.29, 0.717) is 13.8 Å². The van der Waals surface area contributed by atoms with Crippen LogP contribution in [0.25, 0.3) is 0 Å². The molecule has 22 heavy (non-hydrogen) atoms. The lowest BCUT2D eigenvalue weighted by molar-refractivity contribution is -0.121. The van der Waals surface area contributed by atoms with Crippen molar-refractivity contribution in [2.24, 2.45) is 0 Å². The summed E-state index contributed by atoms with van der Waals surface area (Å²) in [5.41, 5.74) is 1.23. The fourth-order valence-corrected chi connectivity index (χ4v) is 5.71. The summed E-state index contributed by atoms with van der Waals surface area (Å²) in [6, 6.07) is 8.35. The molecule has 0 atom stereocenters. The number of fused-ring (bicyclic) bond motifs is 1. The Morgan fingerprint density at radius 1 is 1.23 bits per heavy atom. The van der Waals surface area contributed by atoms with Gasteiger partial charge in [-0.05, 0) is 31.2 Å². The number of rotatable bonds is 3. The van der Waals surface area contributed by atoms with Crippen LogP contribution in [0.2, 0.25) is 0 Å². The Labute approximate surface area is 157 Å². The van der Waals surface area contributed by atoms with Crippen molar-refractivity contribution >= 4 is 74.2 Å². The van der Waals surface area contributed by atoms with Gasteiger partial charge in [0, 0.05) is 11.4 Å². The minimum Gasteiger partial charge on any atom is -0.335 e. The van der Waals surface area contributed by atoms with E-state index in [0.717, 1.165) is 11.6 Å². The Bertz CT molecular complexity index is 702. The summed E-state index contributed by atoms with van der Waals surface area (Å²) < 4.78 is 1.23. The molecule has 2 heterocycles. The lowest BCUT2D eigenvalue weighted by atomic mass is 10.3. The molecule has 114 valence electrons. The Morgan fingerprint density at radius 3 is 2.68 bits per heavy atom. The van der Waals surface area contributed by atoms with E-state index in [9.17, 15) is 4.79 Å². The minimum atomic E-state index is 0.00445. The highest BCUT2D eigenvalue weighted by molar-refractivity contribution is 14.1. The van der Waals surface area contributed by atoms with Gasteiger partial charge in [0.05, 0.1) is 20.2 Å². The van der Waals surface area contributed by atoms with E-state index in [1.807, 2.05) is 18.2 Å². The molecule has 1 saturated heterocycles. The van der Waals surface area contributed by atoms with Gasteiger partial charge in [-0.25, -0.2) is 0 Å². The van der Waals surface area contributed by atoms with Crippen LogP contribution >= 0.6 is 58.3 Å². The van der Waals surface area contributed by atoms with Gasteiger partial charge in [-0.3, -0.25) is 9.69 Å². The van der Waals surface area contributed by atoms with Gasteiger partial charge in [0.2, 0.25) is 0 Å². The fraction of sp³-hybridized carbons (Fsp3) is 0.200. The number of para-hydroxylation sites is 1. The van der Waals surface area contributed by atoms with Crippen molar-refractivity contribution in [2.45, 2.75) is 11.8 Å². The number of allylic oxidation sites excluding steroid dienone is 2. The van der Waals surface area contributed by atoms with Crippen LogP contribution in [0, 0.1) is 0 Å². The van der Waals surface area contributed by atoms with Gasteiger partial charge in [0.1, 0.15) is 4.32 Å². The standard InChI is InChI=1S/C15H13IN2OS3/c1-2-17-10-5-3-4-6-11(10)21-13(17)8-7-12-14(19)18(9-16)15(20)22-12/h3-8H,2,9H2,1H3/b12-7-,13-8-. The summed E-state index contributed by atoms with van der Waals surface area (Å²) in [5.74, 6) is 0.00445. The zero-order valence-corrected chi connectivity index (χ0v) is 16.4. The molecule has 0 N–H and O–H groups in total. The molecule has 0 radical (unpaired) electrons. The Morgan fingerprint density at radius 2 is 2.00 bits per heavy atom. The number of benzene rings is 1. The van der Waals surface area contributed by atoms with Crippen molar-refractivity contribution in [3.8, 4) is 0 Å². The molecule has 1 amide bonds.